The Hall–Kier alpha value is -3.29. The van der Waals surface area contributed by atoms with Gasteiger partial charge in [0.15, 0.2) is 11.5 Å². The largest absolute Gasteiger partial charge is 0.493 e. The fourth-order valence-corrected chi connectivity index (χ4v) is 6.41. The SMILES string of the molecule is CCCCCCCCN1C(=O)/C(=C\c2c(C)c(C#N)c(=O)n(CCCC)c2NCCc2ccc(OC)c(OC)c2)SC1=S. The van der Waals surface area contributed by atoms with Crippen molar-refractivity contribution in [2.75, 3.05) is 32.6 Å². The summed E-state index contributed by atoms with van der Waals surface area (Å²) in [6, 6.07) is 7.90. The first kappa shape index (κ1) is 34.2. The quantitative estimate of drug-likeness (QED) is 0.114. The molecule has 10 heteroatoms. The molecule has 3 rings (SSSR count). The number of pyridine rings is 1. The Morgan fingerprint density at radius 3 is 2.37 bits per heavy atom. The van der Waals surface area contributed by atoms with Gasteiger partial charge >= 0.3 is 0 Å². The molecule has 1 aromatic heterocycles. The van der Waals surface area contributed by atoms with Crippen molar-refractivity contribution in [2.24, 2.45) is 0 Å². The minimum atomic E-state index is -0.324. The van der Waals surface area contributed by atoms with E-state index in [1.807, 2.05) is 18.2 Å². The van der Waals surface area contributed by atoms with Crippen LogP contribution in [-0.2, 0) is 17.8 Å². The van der Waals surface area contributed by atoms with Gasteiger partial charge in [0, 0.05) is 25.2 Å². The Bertz CT molecular complexity index is 1430. The first-order valence-corrected chi connectivity index (χ1v) is 16.4. The summed E-state index contributed by atoms with van der Waals surface area (Å²) in [4.78, 5) is 29.1. The molecule has 2 aromatic rings. The maximum absolute atomic E-state index is 13.5. The number of nitrogens with zero attached hydrogens (tertiary/aromatic N) is 3. The fraction of sp³-hybridized carbons (Fsp3) is 0.515. The third-order valence-electron chi connectivity index (χ3n) is 7.65. The zero-order chi connectivity index (χ0) is 31.4. The summed E-state index contributed by atoms with van der Waals surface area (Å²) < 4.78 is 13.0. The Morgan fingerprint density at radius 2 is 1.70 bits per heavy atom. The van der Waals surface area contributed by atoms with Crippen LogP contribution in [0.1, 0.15) is 87.5 Å². The molecule has 0 atom stereocenters. The number of methoxy groups -OCH3 is 2. The lowest BCUT2D eigenvalue weighted by Gasteiger charge is -2.20. The highest BCUT2D eigenvalue weighted by atomic mass is 32.2. The molecule has 0 unspecified atom stereocenters. The van der Waals surface area contributed by atoms with E-state index in [-0.39, 0.29) is 17.0 Å². The second-order valence-corrected chi connectivity index (χ2v) is 12.3. The van der Waals surface area contributed by atoms with Crippen molar-refractivity contribution >= 4 is 46.1 Å². The number of hydrogen-bond donors (Lipinski definition) is 1. The lowest BCUT2D eigenvalue weighted by Crippen LogP contribution is -2.29. The van der Waals surface area contributed by atoms with E-state index >= 15 is 0 Å². The molecule has 1 amide bonds. The van der Waals surface area contributed by atoms with Crippen molar-refractivity contribution in [3.8, 4) is 17.6 Å². The summed E-state index contributed by atoms with van der Waals surface area (Å²) in [6.07, 6.45) is 10.9. The summed E-state index contributed by atoms with van der Waals surface area (Å²) in [5, 5.41) is 13.4. The minimum Gasteiger partial charge on any atom is -0.493 e. The number of hydrogen-bond acceptors (Lipinski definition) is 8. The molecule has 1 aliphatic heterocycles. The molecule has 1 aliphatic rings. The summed E-state index contributed by atoms with van der Waals surface area (Å²) in [6.45, 7) is 7.61. The maximum Gasteiger partial charge on any atom is 0.270 e. The molecule has 1 N–H and O–H groups in total. The van der Waals surface area contributed by atoms with Crippen LogP contribution in [-0.4, -0.2) is 47.0 Å². The van der Waals surface area contributed by atoms with Crippen LogP contribution in [0.15, 0.2) is 27.9 Å². The topological polar surface area (TPSA) is 96.6 Å². The second-order valence-electron chi connectivity index (χ2n) is 10.7. The second kappa shape index (κ2) is 17.1. The van der Waals surface area contributed by atoms with Gasteiger partial charge in [0.25, 0.3) is 11.5 Å². The molecule has 232 valence electrons. The number of aromatic nitrogens is 1. The van der Waals surface area contributed by atoms with Gasteiger partial charge in [-0.25, -0.2) is 0 Å². The molecule has 1 aromatic carbocycles. The van der Waals surface area contributed by atoms with E-state index in [4.69, 9.17) is 21.7 Å². The highest BCUT2D eigenvalue weighted by Gasteiger charge is 2.32. The van der Waals surface area contributed by atoms with Crippen LogP contribution in [0, 0.1) is 18.3 Å². The monoisotopic (exact) mass is 624 g/mol. The number of nitriles is 1. The molecule has 0 saturated carbocycles. The zero-order valence-electron chi connectivity index (χ0n) is 26.1. The van der Waals surface area contributed by atoms with Crippen LogP contribution in [0.5, 0.6) is 11.5 Å². The summed E-state index contributed by atoms with van der Waals surface area (Å²) in [5.41, 5.74) is 2.02. The van der Waals surface area contributed by atoms with Gasteiger partial charge in [-0.3, -0.25) is 19.1 Å². The number of rotatable bonds is 17. The predicted molar refractivity (Wildman–Crippen MR) is 180 cm³/mol. The standard InChI is InChI=1S/C33H44N4O4S2/c1-6-8-10-11-12-13-19-37-32(39)29(43-33(37)42)21-25-23(3)26(22-34)31(38)36(18-9-7-2)30(25)35-17-16-24-14-15-27(40-4)28(20-24)41-5/h14-15,20-21,35H,6-13,16-19H2,1-5H3/b29-21+. The predicted octanol–water partition coefficient (Wildman–Crippen LogP) is 7.06. The number of thiocarbonyl (C=S) groups is 1. The van der Waals surface area contributed by atoms with Gasteiger partial charge in [0.05, 0.1) is 19.1 Å². The third kappa shape index (κ3) is 8.64. The molecule has 0 spiro atoms. The van der Waals surface area contributed by atoms with E-state index in [2.05, 4.69) is 25.2 Å². The van der Waals surface area contributed by atoms with E-state index in [1.54, 1.807) is 36.7 Å². The summed E-state index contributed by atoms with van der Waals surface area (Å²) >= 11 is 6.88. The number of anilines is 1. The van der Waals surface area contributed by atoms with Gasteiger partial charge < -0.3 is 14.8 Å². The van der Waals surface area contributed by atoms with Gasteiger partial charge in [-0.15, -0.1) is 0 Å². The zero-order valence-corrected chi connectivity index (χ0v) is 27.7. The first-order chi connectivity index (χ1) is 20.8. The molecular formula is C33H44N4O4S2. The van der Waals surface area contributed by atoms with Crippen molar-refractivity contribution in [3.05, 3.63) is 55.7 Å². The van der Waals surface area contributed by atoms with Crippen LogP contribution in [0.2, 0.25) is 0 Å². The molecule has 1 fully saturated rings. The van der Waals surface area contributed by atoms with Crippen molar-refractivity contribution < 1.29 is 14.3 Å². The number of benzene rings is 1. The number of unbranched alkanes of at least 4 members (excludes halogenated alkanes) is 6. The fourth-order valence-electron chi connectivity index (χ4n) is 5.12. The number of ether oxygens (including phenoxy) is 2. The van der Waals surface area contributed by atoms with Gasteiger partial charge in [-0.05, 0) is 55.5 Å². The van der Waals surface area contributed by atoms with Gasteiger partial charge in [0.1, 0.15) is 21.8 Å². The molecule has 2 heterocycles. The average Bonchev–Trinajstić information content (AvgIpc) is 3.27. The van der Waals surface area contributed by atoms with E-state index < -0.39 is 0 Å². The van der Waals surface area contributed by atoms with Crippen molar-refractivity contribution in [2.45, 2.75) is 85.1 Å². The number of carbonyl (C=O) groups excluding carboxylic acids is 1. The number of thioether (sulfide) groups is 1. The molecule has 0 aliphatic carbocycles. The van der Waals surface area contributed by atoms with Gasteiger partial charge in [-0.1, -0.05) is 82.4 Å². The molecule has 1 saturated heterocycles. The van der Waals surface area contributed by atoms with E-state index in [0.717, 1.165) is 37.7 Å². The van der Waals surface area contributed by atoms with Crippen molar-refractivity contribution in [1.82, 2.24) is 9.47 Å². The minimum absolute atomic E-state index is 0.0929. The summed E-state index contributed by atoms with van der Waals surface area (Å²) in [5.74, 6) is 1.80. The number of carbonyl (C=O) groups is 1. The highest BCUT2D eigenvalue weighted by Crippen LogP contribution is 2.35. The van der Waals surface area contributed by atoms with E-state index in [9.17, 15) is 14.9 Å². The lowest BCUT2D eigenvalue weighted by molar-refractivity contribution is -0.122. The molecule has 43 heavy (non-hydrogen) atoms. The Balaban J connectivity index is 1.93. The van der Waals surface area contributed by atoms with Gasteiger partial charge in [-0.2, -0.15) is 5.26 Å². The number of nitrogens with one attached hydrogen (secondary N) is 1. The van der Waals surface area contributed by atoms with Crippen LogP contribution < -0.4 is 20.3 Å². The van der Waals surface area contributed by atoms with Gasteiger partial charge in [0.2, 0.25) is 0 Å². The van der Waals surface area contributed by atoms with Crippen LogP contribution in [0.25, 0.3) is 6.08 Å². The highest BCUT2D eigenvalue weighted by molar-refractivity contribution is 8.26. The van der Waals surface area contributed by atoms with E-state index in [0.29, 0.717) is 63.7 Å². The molecule has 0 bridgehead atoms. The van der Waals surface area contributed by atoms with E-state index in [1.165, 1.54) is 31.0 Å². The van der Waals surface area contributed by atoms with Crippen LogP contribution in [0.4, 0.5) is 5.82 Å². The first-order valence-electron chi connectivity index (χ1n) is 15.2. The van der Waals surface area contributed by atoms with Crippen LogP contribution >= 0.6 is 24.0 Å². The van der Waals surface area contributed by atoms with Crippen molar-refractivity contribution in [3.63, 3.8) is 0 Å². The third-order valence-corrected chi connectivity index (χ3v) is 9.03. The molecule has 0 radical (unpaired) electrons. The van der Waals surface area contributed by atoms with Crippen LogP contribution in [0.3, 0.4) is 0 Å². The average molecular weight is 625 g/mol. The number of amides is 1. The Kier molecular flexibility index (Phi) is 13.6. The molecule has 8 nitrogen and oxygen atoms in total. The van der Waals surface area contributed by atoms with Crippen molar-refractivity contribution in [1.29, 1.82) is 5.26 Å². The normalized spacial score (nSPS) is 14.0. The Morgan fingerprint density at radius 1 is 1.00 bits per heavy atom. The molecular weight excluding hydrogens is 581 g/mol. The smallest absolute Gasteiger partial charge is 0.270 e. The summed E-state index contributed by atoms with van der Waals surface area (Å²) in [7, 11) is 3.21. The lowest BCUT2D eigenvalue weighted by atomic mass is 10.0. The Labute approximate surface area is 265 Å². The maximum atomic E-state index is 13.5.